The quantitative estimate of drug-likeness (QED) is 0.603. The highest BCUT2D eigenvalue weighted by molar-refractivity contribution is 7.92. The molecule has 0 aliphatic heterocycles. The van der Waals surface area contributed by atoms with Crippen LogP contribution in [0, 0.1) is 6.92 Å². The van der Waals surface area contributed by atoms with Crippen molar-refractivity contribution >= 4 is 33.2 Å². The molecule has 1 fully saturated rings. The number of hydrogen-bond acceptors (Lipinski definition) is 4. The summed E-state index contributed by atoms with van der Waals surface area (Å²) in [5.74, 6) is 0.120. The van der Waals surface area contributed by atoms with Crippen molar-refractivity contribution in [3.8, 4) is 5.75 Å². The number of sulfonamides is 1. The number of halogens is 1. The topological polar surface area (TPSA) is 84.5 Å². The lowest BCUT2D eigenvalue weighted by atomic mass is 9.95. The highest BCUT2D eigenvalue weighted by atomic mass is 35.5. The van der Waals surface area contributed by atoms with E-state index in [0.717, 1.165) is 44.9 Å². The van der Waals surface area contributed by atoms with Crippen LogP contribution in [0.1, 0.15) is 55.2 Å². The second-order valence-corrected chi connectivity index (χ2v) is 10.7. The van der Waals surface area contributed by atoms with Crippen LogP contribution in [0.4, 0.5) is 5.69 Å². The molecule has 6 nitrogen and oxygen atoms in total. The first kappa shape index (κ1) is 22.9. The van der Waals surface area contributed by atoms with Gasteiger partial charge in [-0.2, -0.15) is 0 Å². The fourth-order valence-electron chi connectivity index (χ4n) is 4.50. The lowest BCUT2D eigenvalue weighted by molar-refractivity contribution is -0.124. The van der Waals surface area contributed by atoms with Crippen LogP contribution in [-0.4, -0.2) is 27.0 Å². The molecule has 0 unspecified atom stereocenters. The lowest BCUT2D eigenvalue weighted by Gasteiger charge is -2.22. The van der Waals surface area contributed by atoms with Crippen LogP contribution >= 0.6 is 11.6 Å². The van der Waals surface area contributed by atoms with Crippen molar-refractivity contribution in [2.75, 3.05) is 11.3 Å². The van der Waals surface area contributed by atoms with Gasteiger partial charge in [0.25, 0.3) is 15.9 Å². The molecule has 0 heterocycles. The van der Waals surface area contributed by atoms with Gasteiger partial charge in [0.05, 0.1) is 5.02 Å². The van der Waals surface area contributed by atoms with Crippen LogP contribution in [0.25, 0.3) is 0 Å². The molecule has 2 aliphatic rings. The lowest BCUT2D eigenvalue weighted by Crippen LogP contribution is -2.39. The number of carbonyl (C=O) groups excluding carboxylic acids is 1. The van der Waals surface area contributed by atoms with Gasteiger partial charge in [-0.3, -0.25) is 9.52 Å². The second-order valence-electron chi connectivity index (χ2n) is 8.68. The Hall–Kier alpha value is -2.25. The minimum absolute atomic E-state index is 0.0760. The number of hydrogen-bond donors (Lipinski definition) is 2. The van der Waals surface area contributed by atoms with Crippen LogP contribution in [-0.2, 0) is 27.7 Å². The van der Waals surface area contributed by atoms with Crippen LogP contribution in [0.15, 0.2) is 35.2 Å². The van der Waals surface area contributed by atoms with Crippen LogP contribution in [0.3, 0.4) is 0 Å². The van der Waals surface area contributed by atoms with Gasteiger partial charge in [-0.05, 0) is 73.9 Å². The van der Waals surface area contributed by atoms with E-state index in [1.807, 2.05) is 12.1 Å². The maximum absolute atomic E-state index is 13.1. The summed E-state index contributed by atoms with van der Waals surface area (Å²) in [6.07, 6.45) is 8.51. The monoisotopic (exact) mass is 476 g/mol. The van der Waals surface area contributed by atoms with Gasteiger partial charge in [-0.25, -0.2) is 8.42 Å². The Bertz CT molecular complexity index is 1110. The third-order valence-corrected chi connectivity index (χ3v) is 8.04. The first-order chi connectivity index (χ1) is 15.3. The van der Waals surface area contributed by atoms with E-state index in [1.54, 1.807) is 19.1 Å². The SMILES string of the molecule is Cc1cc(Cl)c(S(=O)(=O)Nc2ccc3c(c2)CCC3)cc1OCC(=O)NC1CCCCC1. The van der Waals surface area contributed by atoms with Crippen LogP contribution in [0.2, 0.25) is 5.02 Å². The number of carbonyl (C=O) groups is 1. The van der Waals surface area contributed by atoms with Gasteiger partial charge in [-0.15, -0.1) is 0 Å². The molecule has 2 aliphatic carbocycles. The first-order valence-corrected chi connectivity index (χ1v) is 13.0. The van der Waals surface area contributed by atoms with E-state index in [-0.39, 0.29) is 28.5 Å². The fraction of sp³-hybridized carbons (Fsp3) is 0.458. The summed E-state index contributed by atoms with van der Waals surface area (Å²) in [7, 11) is -3.92. The molecule has 2 N–H and O–H groups in total. The molecule has 0 atom stereocenters. The number of rotatable bonds is 7. The molecule has 1 amide bonds. The molecule has 0 bridgehead atoms. The van der Waals surface area contributed by atoms with Crippen LogP contribution < -0.4 is 14.8 Å². The third-order valence-electron chi connectivity index (χ3n) is 6.20. The van der Waals surface area contributed by atoms with Gasteiger partial charge < -0.3 is 10.1 Å². The van der Waals surface area contributed by atoms with Gasteiger partial charge >= 0.3 is 0 Å². The van der Waals surface area contributed by atoms with Crippen molar-refractivity contribution in [1.82, 2.24) is 5.32 Å². The molecule has 0 saturated heterocycles. The zero-order valence-electron chi connectivity index (χ0n) is 18.2. The van der Waals surface area contributed by atoms with E-state index in [9.17, 15) is 13.2 Å². The Kier molecular flexibility index (Phi) is 6.96. The fourth-order valence-corrected chi connectivity index (χ4v) is 6.15. The molecule has 2 aromatic rings. The van der Waals surface area contributed by atoms with Crippen LogP contribution in [0.5, 0.6) is 5.75 Å². The molecule has 2 aromatic carbocycles. The predicted octanol–water partition coefficient (Wildman–Crippen LogP) is 4.77. The normalized spacial score (nSPS) is 16.4. The minimum atomic E-state index is -3.92. The molecular weight excluding hydrogens is 448 g/mol. The number of fused-ring (bicyclic) bond motifs is 1. The Morgan fingerprint density at radius 2 is 1.81 bits per heavy atom. The van der Waals surface area contributed by atoms with Crippen molar-refractivity contribution in [1.29, 1.82) is 0 Å². The summed E-state index contributed by atoms with van der Waals surface area (Å²) < 4.78 is 34.4. The number of amides is 1. The number of anilines is 1. The van der Waals surface area contributed by atoms with E-state index in [0.29, 0.717) is 17.0 Å². The highest BCUT2D eigenvalue weighted by Gasteiger charge is 2.22. The highest BCUT2D eigenvalue weighted by Crippen LogP contribution is 2.32. The summed E-state index contributed by atoms with van der Waals surface area (Å²) in [5.41, 5.74) is 3.62. The summed E-state index contributed by atoms with van der Waals surface area (Å²) in [6.45, 7) is 1.60. The predicted molar refractivity (Wildman–Crippen MR) is 126 cm³/mol. The van der Waals surface area contributed by atoms with E-state index in [4.69, 9.17) is 16.3 Å². The first-order valence-electron chi connectivity index (χ1n) is 11.2. The average molecular weight is 477 g/mol. The largest absolute Gasteiger partial charge is 0.483 e. The zero-order chi connectivity index (χ0) is 22.7. The van der Waals surface area contributed by atoms with Gasteiger partial charge in [0.15, 0.2) is 6.61 Å². The van der Waals surface area contributed by atoms with E-state index >= 15 is 0 Å². The Balaban J connectivity index is 1.46. The number of nitrogens with one attached hydrogen (secondary N) is 2. The Labute approximate surface area is 194 Å². The zero-order valence-corrected chi connectivity index (χ0v) is 19.8. The number of aryl methyl sites for hydroxylation is 3. The molecule has 4 rings (SSSR count). The van der Waals surface area contributed by atoms with Crippen molar-refractivity contribution in [3.63, 3.8) is 0 Å². The molecule has 0 radical (unpaired) electrons. The Morgan fingerprint density at radius 3 is 2.59 bits per heavy atom. The van der Waals surface area contributed by atoms with Gasteiger partial charge in [0.2, 0.25) is 0 Å². The van der Waals surface area contributed by atoms with Crippen molar-refractivity contribution in [3.05, 3.63) is 52.0 Å². The van der Waals surface area contributed by atoms with Gasteiger partial charge in [-0.1, -0.05) is 36.9 Å². The standard InChI is InChI=1S/C24H29ClN2O4S/c1-16-12-21(25)23(14-22(16)31-15-24(28)26-19-8-3-2-4-9-19)32(29,30)27-20-11-10-17-6-5-7-18(17)13-20/h10-14,19,27H,2-9,15H2,1H3,(H,26,28). The Morgan fingerprint density at radius 1 is 1.06 bits per heavy atom. The summed E-state index contributed by atoms with van der Waals surface area (Å²) in [5, 5.41) is 3.10. The number of benzene rings is 2. The van der Waals surface area contributed by atoms with E-state index < -0.39 is 10.0 Å². The van der Waals surface area contributed by atoms with E-state index in [2.05, 4.69) is 10.0 Å². The summed E-state index contributed by atoms with van der Waals surface area (Å²) in [6, 6.07) is 8.76. The molecular formula is C24H29ClN2O4S. The second kappa shape index (κ2) is 9.71. The maximum Gasteiger partial charge on any atom is 0.263 e. The van der Waals surface area contributed by atoms with Crippen molar-refractivity contribution < 1.29 is 17.9 Å². The molecule has 8 heteroatoms. The summed E-state index contributed by atoms with van der Waals surface area (Å²) in [4.78, 5) is 12.2. The molecule has 32 heavy (non-hydrogen) atoms. The summed E-state index contributed by atoms with van der Waals surface area (Å²) >= 11 is 6.28. The van der Waals surface area contributed by atoms with Crippen molar-refractivity contribution in [2.45, 2.75) is 69.2 Å². The molecule has 0 spiro atoms. The van der Waals surface area contributed by atoms with Gasteiger partial charge in [0, 0.05) is 17.8 Å². The van der Waals surface area contributed by atoms with Crippen molar-refractivity contribution in [2.24, 2.45) is 0 Å². The smallest absolute Gasteiger partial charge is 0.263 e. The average Bonchev–Trinajstić information content (AvgIpc) is 3.21. The van der Waals surface area contributed by atoms with E-state index in [1.165, 1.54) is 23.6 Å². The third kappa shape index (κ3) is 5.38. The van der Waals surface area contributed by atoms with Gasteiger partial charge in [0.1, 0.15) is 10.6 Å². The molecule has 172 valence electrons. The minimum Gasteiger partial charge on any atom is -0.483 e. The number of ether oxygens (including phenoxy) is 1. The molecule has 0 aromatic heterocycles. The maximum atomic E-state index is 13.1. The molecule has 1 saturated carbocycles.